The number of nitrogens with one attached hydrogen (secondary N) is 1. The van der Waals surface area contributed by atoms with E-state index in [0.717, 1.165) is 24.5 Å². The molecule has 7 heteroatoms. The Morgan fingerprint density at radius 2 is 2.10 bits per heavy atom. The molecule has 120 valence electrons. The molecule has 1 unspecified atom stereocenters. The lowest BCUT2D eigenvalue weighted by Crippen LogP contribution is -2.32. The molecule has 0 radical (unpaired) electrons. The number of aliphatic hydroxyl groups excluding tert-OH is 2. The van der Waals surface area contributed by atoms with Crippen molar-refractivity contribution in [2.24, 2.45) is 0 Å². The number of hydrogen-bond acceptors (Lipinski definition) is 5. The largest absolute Gasteiger partial charge is 0.489 e. The number of rotatable bonds is 11. The Labute approximate surface area is 139 Å². The first-order valence-corrected chi connectivity index (χ1v) is 8.69. The third-order valence-electron chi connectivity index (χ3n) is 2.57. The van der Waals surface area contributed by atoms with Crippen molar-refractivity contribution in [3.63, 3.8) is 0 Å². The van der Waals surface area contributed by atoms with E-state index in [-0.39, 0.29) is 13.2 Å². The van der Waals surface area contributed by atoms with Crippen molar-refractivity contribution in [3.8, 4) is 5.75 Å². The highest BCUT2D eigenvalue weighted by atomic mass is 35.5. The molecule has 3 N–H and O–H groups in total. The van der Waals surface area contributed by atoms with Gasteiger partial charge in [0.25, 0.3) is 0 Å². The van der Waals surface area contributed by atoms with Gasteiger partial charge in [-0.2, -0.15) is 11.8 Å². The molecule has 0 aliphatic carbocycles. The van der Waals surface area contributed by atoms with Crippen LogP contribution < -0.4 is 10.1 Å². The molecule has 0 aliphatic rings. The molecule has 0 aromatic heterocycles. The van der Waals surface area contributed by atoms with Gasteiger partial charge < -0.3 is 20.3 Å². The third kappa shape index (κ3) is 8.76. The Morgan fingerprint density at radius 1 is 1.29 bits per heavy atom. The topological polar surface area (TPSA) is 61.7 Å². The molecule has 21 heavy (non-hydrogen) atoms. The van der Waals surface area contributed by atoms with E-state index in [0.29, 0.717) is 22.3 Å². The van der Waals surface area contributed by atoms with Crippen molar-refractivity contribution in [1.82, 2.24) is 5.32 Å². The summed E-state index contributed by atoms with van der Waals surface area (Å²) < 4.78 is 5.45. The lowest BCUT2D eigenvalue weighted by atomic mass is 10.3. The molecule has 1 atom stereocenters. The minimum Gasteiger partial charge on any atom is -0.489 e. The molecular weight excluding hydrogens is 333 g/mol. The van der Waals surface area contributed by atoms with Gasteiger partial charge >= 0.3 is 0 Å². The van der Waals surface area contributed by atoms with Gasteiger partial charge in [-0.3, -0.25) is 0 Å². The highest BCUT2D eigenvalue weighted by molar-refractivity contribution is 7.99. The molecule has 0 aliphatic heterocycles. The molecule has 0 saturated heterocycles. The van der Waals surface area contributed by atoms with Crippen molar-refractivity contribution < 1.29 is 14.9 Å². The minimum absolute atomic E-state index is 0.157. The Kier molecular flexibility index (Phi) is 10.3. The van der Waals surface area contributed by atoms with E-state index in [1.165, 1.54) is 0 Å². The second-order valence-electron chi connectivity index (χ2n) is 4.43. The van der Waals surface area contributed by atoms with Crippen molar-refractivity contribution in [2.45, 2.75) is 12.5 Å². The van der Waals surface area contributed by atoms with Gasteiger partial charge in [0.05, 0.1) is 5.02 Å². The van der Waals surface area contributed by atoms with Gasteiger partial charge in [-0.1, -0.05) is 23.2 Å². The Balaban J connectivity index is 2.11. The minimum atomic E-state index is -0.609. The second-order valence-corrected chi connectivity index (χ2v) is 6.50. The average Bonchev–Trinajstić information content (AvgIpc) is 2.47. The normalized spacial score (nSPS) is 12.4. The number of ether oxygens (including phenoxy) is 1. The molecule has 0 spiro atoms. The van der Waals surface area contributed by atoms with Gasteiger partial charge in [0, 0.05) is 36.5 Å². The van der Waals surface area contributed by atoms with E-state index in [4.69, 9.17) is 33.0 Å². The number of halogens is 2. The molecule has 0 heterocycles. The molecule has 1 aromatic rings. The quantitative estimate of drug-likeness (QED) is 0.533. The maximum atomic E-state index is 9.81. The lowest BCUT2D eigenvalue weighted by Gasteiger charge is -2.14. The van der Waals surface area contributed by atoms with Crippen LogP contribution in [0.3, 0.4) is 0 Å². The summed E-state index contributed by atoms with van der Waals surface area (Å²) in [4.78, 5) is 0. The maximum Gasteiger partial charge on any atom is 0.139 e. The first-order valence-electron chi connectivity index (χ1n) is 6.78. The van der Waals surface area contributed by atoms with Crippen LogP contribution in [0.15, 0.2) is 18.2 Å². The molecule has 1 aromatic carbocycles. The number of benzene rings is 1. The number of hydrogen-bond donors (Lipinski definition) is 3. The molecule has 0 fully saturated rings. The van der Waals surface area contributed by atoms with E-state index in [9.17, 15) is 5.11 Å². The van der Waals surface area contributed by atoms with E-state index in [2.05, 4.69) is 5.32 Å². The molecule has 1 rings (SSSR count). The van der Waals surface area contributed by atoms with Crippen LogP contribution in [0.25, 0.3) is 0 Å². The van der Waals surface area contributed by atoms with Crippen molar-refractivity contribution in [3.05, 3.63) is 28.2 Å². The summed E-state index contributed by atoms with van der Waals surface area (Å²) >= 11 is 13.6. The van der Waals surface area contributed by atoms with Crippen LogP contribution in [-0.2, 0) is 0 Å². The van der Waals surface area contributed by atoms with Gasteiger partial charge in [0.1, 0.15) is 18.5 Å². The van der Waals surface area contributed by atoms with Crippen LogP contribution in [0.4, 0.5) is 0 Å². The SMILES string of the molecule is OCCCSCCNCC(O)COc1cc(Cl)ccc1Cl. The van der Waals surface area contributed by atoms with Crippen LogP contribution in [0.5, 0.6) is 5.75 Å². The van der Waals surface area contributed by atoms with Crippen LogP contribution >= 0.6 is 35.0 Å². The van der Waals surface area contributed by atoms with Gasteiger partial charge in [-0.15, -0.1) is 0 Å². The predicted molar refractivity (Wildman–Crippen MR) is 89.9 cm³/mol. The van der Waals surface area contributed by atoms with Gasteiger partial charge in [0.2, 0.25) is 0 Å². The van der Waals surface area contributed by atoms with E-state index >= 15 is 0 Å². The van der Waals surface area contributed by atoms with Crippen molar-refractivity contribution in [1.29, 1.82) is 0 Å². The molecule has 4 nitrogen and oxygen atoms in total. The molecule has 0 saturated carbocycles. The average molecular weight is 354 g/mol. The summed E-state index contributed by atoms with van der Waals surface area (Å²) in [5.74, 6) is 2.38. The van der Waals surface area contributed by atoms with Crippen LogP contribution in [0.2, 0.25) is 10.0 Å². The zero-order chi connectivity index (χ0) is 15.5. The highest BCUT2D eigenvalue weighted by Gasteiger charge is 2.07. The smallest absolute Gasteiger partial charge is 0.139 e. The van der Waals surface area contributed by atoms with E-state index < -0.39 is 6.10 Å². The second kappa shape index (κ2) is 11.4. The zero-order valence-electron chi connectivity index (χ0n) is 11.7. The van der Waals surface area contributed by atoms with Crippen LogP contribution in [0, 0.1) is 0 Å². The van der Waals surface area contributed by atoms with Gasteiger partial charge in [0.15, 0.2) is 0 Å². The van der Waals surface area contributed by atoms with E-state index in [1.807, 2.05) is 0 Å². The fraction of sp³-hybridized carbons (Fsp3) is 0.571. The summed E-state index contributed by atoms with van der Waals surface area (Å²) in [7, 11) is 0. The summed E-state index contributed by atoms with van der Waals surface area (Å²) in [6, 6.07) is 4.97. The zero-order valence-corrected chi connectivity index (χ0v) is 14.1. The summed E-state index contributed by atoms with van der Waals surface area (Å²) in [6.45, 7) is 1.66. The van der Waals surface area contributed by atoms with E-state index in [1.54, 1.807) is 30.0 Å². The highest BCUT2D eigenvalue weighted by Crippen LogP contribution is 2.27. The lowest BCUT2D eigenvalue weighted by molar-refractivity contribution is 0.107. The van der Waals surface area contributed by atoms with Crippen LogP contribution in [-0.4, -0.2) is 54.1 Å². The first-order chi connectivity index (χ1) is 10.1. The Bertz CT molecular complexity index is 410. The molecule has 0 bridgehead atoms. The standard InChI is InChI=1S/C14H21Cl2NO3S/c15-11-2-3-13(16)14(8-11)20-10-12(19)9-17-4-7-21-6-1-5-18/h2-3,8,12,17-19H,1,4-7,9-10H2. The molecule has 0 amide bonds. The summed E-state index contributed by atoms with van der Waals surface area (Å²) in [5.41, 5.74) is 0. The molecular formula is C14H21Cl2NO3S. The Hall–Kier alpha value is -0.170. The number of aliphatic hydroxyl groups is 2. The summed E-state index contributed by atoms with van der Waals surface area (Å²) in [5, 5.41) is 22.6. The Morgan fingerprint density at radius 3 is 2.86 bits per heavy atom. The summed E-state index contributed by atoms with van der Waals surface area (Å²) in [6.07, 6.45) is 0.212. The van der Waals surface area contributed by atoms with Crippen LogP contribution in [0.1, 0.15) is 6.42 Å². The maximum absolute atomic E-state index is 9.81. The van der Waals surface area contributed by atoms with Crippen molar-refractivity contribution >= 4 is 35.0 Å². The van der Waals surface area contributed by atoms with Gasteiger partial charge in [-0.25, -0.2) is 0 Å². The number of thioether (sulfide) groups is 1. The first kappa shape index (κ1) is 18.9. The fourth-order valence-electron chi connectivity index (χ4n) is 1.51. The third-order valence-corrected chi connectivity index (χ3v) is 4.19. The van der Waals surface area contributed by atoms with Crippen molar-refractivity contribution in [2.75, 3.05) is 37.8 Å². The monoisotopic (exact) mass is 353 g/mol. The fourth-order valence-corrected chi connectivity index (χ4v) is 2.67. The predicted octanol–water partition coefficient (Wildman–Crippen LogP) is 2.44. The van der Waals surface area contributed by atoms with Gasteiger partial charge in [-0.05, 0) is 24.3 Å².